The fourth-order valence-corrected chi connectivity index (χ4v) is 5.66. The van der Waals surface area contributed by atoms with Crippen molar-refractivity contribution >= 4 is 23.3 Å². The number of nitrogens with one attached hydrogen (secondary N) is 1. The fourth-order valence-electron chi connectivity index (χ4n) is 5.66. The number of rotatable bonds is 9. The highest BCUT2D eigenvalue weighted by molar-refractivity contribution is 5.83. The number of anilines is 1. The summed E-state index contributed by atoms with van der Waals surface area (Å²) in [6.07, 6.45) is 7.57. The summed E-state index contributed by atoms with van der Waals surface area (Å²) in [6.45, 7) is 2.69. The van der Waals surface area contributed by atoms with Gasteiger partial charge in [0.25, 0.3) is 5.69 Å². The van der Waals surface area contributed by atoms with E-state index in [1.807, 2.05) is 31.3 Å². The number of benzene rings is 4. The zero-order valence-corrected chi connectivity index (χ0v) is 22.8. The number of nitrogens with zero attached hydrogens (tertiary/aromatic N) is 2. The highest BCUT2D eigenvalue weighted by atomic mass is 16.6. The first-order valence-corrected chi connectivity index (χ1v) is 13.9. The number of fused-ring (bicyclic) bond motifs is 3. The van der Waals surface area contributed by atoms with Gasteiger partial charge < -0.3 is 14.8 Å². The molecule has 0 aromatic heterocycles. The molecule has 6 rings (SSSR count). The zero-order chi connectivity index (χ0) is 28.2. The summed E-state index contributed by atoms with van der Waals surface area (Å²) in [7, 11) is 0. The van der Waals surface area contributed by atoms with Crippen LogP contribution in [0.3, 0.4) is 0 Å². The topological polar surface area (TPSA) is 86.0 Å². The van der Waals surface area contributed by atoms with Gasteiger partial charge in [0.2, 0.25) is 0 Å². The lowest BCUT2D eigenvalue weighted by Gasteiger charge is -2.37. The number of nitro benzene ring substituents is 1. The SMILES string of the molecule is CCOc1cc(C=Nc2ccc([C@@H]3Nc4ccccc4[C@@H]4C=CC[C@@H]43)cc2)ccc1OCc1ccc([N+](=O)[O-])cc1. The predicted octanol–water partition coefficient (Wildman–Crippen LogP) is 8.15. The van der Waals surface area contributed by atoms with Crippen LogP contribution < -0.4 is 14.8 Å². The smallest absolute Gasteiger partial charge is 0.269 e. The Balaban J connectivity index is 1.13. The van der Waals surface area contributed by atoms with Crippen molar-refractivity contribution in [2.75, 3.05) is 11.9 Å². The molecule has 0 saturated carbocycles. The maximum Gasteiger partial charge on any atom is 0.269 e. The Kier molecular flexibility index (Phi) is 7.50. The molecule has 7 heteroatoms. The van der Waals surface area contributed by atoms with Gasteiger partial charge in [-0.15, -0.1) is 0 Å². The molecule has 0 bridgehead atoms. The number of para-hydroxylation sites is 1. The van der Waals surface area contributed by atoms with Crippen LogP contribution in [-0.4, -0.2) is 17.7 Å². The van der Waals surface area contributed by atoms with Crippen molar-refractivity contribution in [1.29, 1.82) is 0 Å². The van der Waals surface area contributed by atoms with Gasteiger partial charge in [0.05, 0.1) is 23.3 Å². The quantitative estimate of drug-likeness (QED) is 0.0993. The molecule has 1 aliphatic carbocycles. The van der Waals surface area contributed by atoms with Crippen molar-refractivity contribution in [2.24, 2.45) is 10.9 Å². The van der Waals surface area contributed by atoms with Crippen molar-refractivity contribution < 1.29 is 14.4 Å². The first-order chi connectivity index (χ1) is 20.1. The van der Waals surface area contributed by atoms with E-state index in [2.05, 4.69) is 66.0 Å². The monoisotopic (exact) mass is 545 g/mol. The van der Waals surface area contributed by atoms with E-state index in [1.54, 1.807) is 12.1 Å². The zero-order valence-electron chi connectivity index (χ0n) is 22.8. The maximum atomic E-state index is 10.9. The van der Waals surface area contributed by atoms with Gasteiger partial charge in [-0.2, -0.15) is 0 Å². The summed E-state index contributed by atoms with van der Waals surface area (Å²) >= 11 is 0. The largest absolute Gasteiger partial charge is 0.490 e. The van der Waals surface area contributed by atoms with Crippen molar-refractivity contribution in [2.45, 2.75) is 31.9 Å². The van der Waals surface area contributed by atoms with E-state index < -0.39 is 4.92 Å². The Morgan fingerprint density at radius 1 is 0.976 bits per heavy atom. The average molecular weight is 546 g/mol. The predicted molar refractivity (Wildman–Crippen MR) is 162 cm³/mol. The minimum Gasteiger partial charge on any atom is -0.490 e. The number of nitro groups is 1. The van der Waals surface area contributed by atoms with E-state index in [0.717, 1.165) is 23.2 Å². The van der Waals surface area contributed by atoms with Crippen LogP contribution in [0.2, 0.25) is 0 Å². The first-order valence-electron chi connectivity index (χ1n) is 13.9. The van der Waals surface area contributed by atoms with Crippen LogP contribution in [0.15, 0.2) is 108 Å². The summed E-state index contributed by atoms with van der Waals surface area (Å²) in [5, 5.41) is 14.7. The van der Waals surface area contributed by atoms with Crippen LogP contribution in [0.25, 0.3) is 0 Å². The van der Waals surface area contributed by atoms with Crippen molar-refractivity contribution in [3.8, 4) is 11.5 Å². The third-order valence-electron chi connectivity index (χ3n) is 7.70. The summed E-state index contributed by atoms with van der Waals surface area (Å²) < 4.78 is 11.8. The van der Waals surface area contributed by atoms with E-state index >= 15 is 0 Å². The van der Waals surface area contributed by atoms with Crippen molar-refractivity contribution in [3.05, 3.63) is 136 Å². The molecule has 0 amide bonds. The lowest BCUT2D eigenvalue weighted by Crippen LogP contribution is -2.28. The van der Waals surface area contributed by atoms with Crippen molar-refractivity contribution in [3.63, 3.8) is 0 Å². The Morgan fingerprint density at radius 2 is 1.78 bits per heavy atom. The Bertz CT molecular complexity index is 1600. The van der Waals surface area contributed by atoms with Crippen LogP contribution in [0, 0.1) is 16.0 Å². The van der Waals surface area contributed by atoms with Gasteiger partial charge in [-0.05, 0) is 90.0 Å². The lowest BCUT2D eigenvalue weighted by atomic mass is 9.77. The first kappa shape index (κ1) is 26.3. The molecule has 4 aromatic rings. The molecular formula is C34H31N3O4. The van der Waals surface area contributed by atoms with Gasteiger partial charge in [-0.25, -0.2) is 0 Å². The second kappa shape index (κ2) is 11.7. The molecule has 0 unspecified atom stereocenters. The third-order valence-corrected chi connectivity index (χ3v) is 7.70. The Labute approximate surface area is 239 Å². The van der Waals surface area contributed by atoms with Gasteiger partial charge in [0.15, 0.2) is 11.5 Å². The highest BCUT2D eigenvalue weighted by Gasteiger charge is 2.37. The fraction of sp³-hybridized carbons (Fsp3) is 0.206. The van der Waals surface area contributed by atoms with Gasteiger partial charge in [-0.1, -0.05) is 42.5 Å². The number of hydrogen-bond donors (Lipinski definition) is 1. The third kappa shape index (κ3) is 5.70. The van der Waals surface area contributed by atoms with E-state index in [9.17, 15) is 10.1 Å². The van der Waals surface area contributed by atoms with Crippen LogP contribution in [-0.2, 0) is 6.61 Å². The molecular weight excluding hydrogens is 514 g/mol. The molecule has 4 aromatic carbocycles. The molecule has 2 aliphatic rings. The van der Waals surface area contributed by atoms with E-state index in [0.29, 0.717) is 29.9 Å². The average Bonchev–Trinajstić information content (AvgIpc) is 3.50. The van der Waals surface area contributed by atoms with Crippen LogP contribution in [0.5, 0.6) is 11.5 Å². The van der Waals surface area contributed by atoms with Crippen LogP contribution in [0.1, 0.15) is 47.6 Å². The molecule has 0 fully saturated rings. The van der Waals surface area contributed by atoms with Gasteiger partial charge in [0.1, 0.15) is 6.61 Å². The molecule has 0 radical (unpaired) electrons. The normalized spacial score (nSPS) is 18.9. The summed E-state index contributed by atoms with van der Waals surface area (Å²) in [5.41, 5.74) is 6.53. The number of hydrogen-bond acceptors (Lipinski definition) is 6. The summed E-state index contributed by atoms with van der Waals surface area (Å²) in [5.74, 6) is 2.19. The molecule has 3 atom stereocenters. The molecule has 206 valence electrons. The molecule has 41 heavy (non-hydrogen) atoms. The minimum atomic E-state index is -0.415. The molecule has 1 N–H and O–H groups in total. The van der Waals surface area contributed by atoms with Crippen molar-refractivity contribution in [1.82, 2.24) is 0 Å². The Morgan fingerprint density at radius 3 is 2.56 bits per heavy atom. The summed E-state index contributed by atoms with van der Waals surface area (Å²) in [4.78, 5) is 15.2. The van der Waals surface area contributed by atoms with E-state index in [4.69, 9.17) is 14.5 Å². The molecule has 0 spiro atoms. The highest BCUT2D eigenvalue weighted by Crippen LogP contribution is 2.49. The second-order valence-corrected chi connectivity index (χ2v) is 10.3. The number of aliphatic imine (C=N–C) groups is 1. The maximum absolute atomic E-state index is 10.9. The Hall–Kier alpha value is -4.91. The second-order valence-electron chi connectivity index (χ2n) is 10.3. The molecule has 0 saturated heterocycles. The number of non-ortho nitro benzene ring substituents is 1. The van der Waals surface area contributed by atoms with Crippen LogP contribution in [0.4, 0.5) is 17.1 Å². The summed E-state index contributed by atoms with van der Waals surface area (Å²) in [6, 6.07) is 29.4. The standard InChI is InChI=1S/C34H31N3O4/c1-2-40-33-20-24(12-19-32(33)41-22-23-10-17-27(18-11-23)37(38)39)21-35-26-15-13-25(14-16-26)34-30-8-5-7-28(30)29-6-3-4-9-31(29)36-34/h3-7,9-21,28,30,34,36H,2,8,22H2,1H3/t28-,30-,34-/m0/s1. The molecule has 1 heterocycles. The van der Waals surface area contributed by atoms with E-state index in [1.165, 1.54) is 28.9 Å². The van der Waals surface area contributed by atoms with Gasteiger partial charge in [-0.3, -0.25) is 15.1 Å². The number of ether oxygens (including phenoxy) is 2. The van der Waals surface area contributed by atoms with E-state index in [-0.39, 0.29) is 18.3 Å². The van der Waals surface area contributed by atoms with Gasteiger partial charge in [0, 0.05) is 30.0 Å². The lowest BCUT2D eigenvalue weighted by molar-refractivity contribution is -0.384. The van der Waals surface area contributed by atoms with Crippen LogP contribution >= 0.6 is 0 Å². The number of allylic oxidation sites excluding steroid dienone is 2. The molecule has 1 aliphatic heterocycles. The molecule has 7 nitrogen and oxygen atoms in total. The minimum absolute atomic E-state index is 0.0539. The van der Waals surface area contributed by atoms with Gasteiger partial charge >= 0.3 is 0 Å².